The highest BCUT2D eigenvalue weighted by molar-refractivity contribution is 5.68. The molecule has 0 aromatic rings. The highest BCUT2D eigenvalue weighted by Gasteiger charge is 2.39. The summed E-state index contributed by atoms with van der Waals surface area (Å²) in [7, 11) is 0. The first-order valence-corrected chi connectivity index (χ1v) is 5.35. The Labute approximate surface area is 90.3 Å². The van der Waals surface area contributed by atoms with Crippen LogP contribution in [0.2, 0.25) is 0 Å². The van der Waals surface area contributed by atoms with Gasteiger partial charge in [-0.2, -0.15) is 0 Å². The Morgan fingerprint density at radius 2 is 2.00 bits per heavy atom. The lowest BCUT2D eigenvalue weighted by atomic mass is 9.97. The van der Waals surface area contributed by atoms with Gasteiger partial charge in [0.2, 0.25) is 0 Å². The molecule has 0 aromatic carbocycles. The number of carbonyl (C=O) groups is 2. The Balaban J connectivity index is 2.89. The quantitative estimate of drug-likeness (QED) is 0.715. The number of hydrogen-bond donors (Lipinski definition) is 1. The molecule has 0 heterocycles. The number of amides is 1. The molecule has 15 heavy (non-hydrogen) atoms. The summed E-state index contributed by atoms with van der Waals surface area (Å²) in [6.07, 6.45) is 2.52. The maximum absolute atomic E-state index is 11.2. The minimum atomic E-state index is -0.929. The first-order chi connectivity index (χ1) is 6.88. The molecule has 1 fully saturated rings. The van der Waals surface area contributed by atoms with Crippen molar-refractivity contribution in [3.8, 4) is 0 Å². The first-order valence-electron chi connectivity index (χ1n) is 5.35. The maximum Gasteiger partial charge on any atom is 0.408 e. The van der Waals surface area contributed by atoms with Crippen LogP contribution in [0.1, 0.15) is 40.0 Å². The standard InChI is InChI=1S/C11H19NO3/c1-11(2,3)12(10(14)15)9-6-4-5-8(9)7-13/h7-9H,4-6H2,1-3H3,(H,14,15)/t8-,9-/m1/s1. The summed E-state index contributed by atoms with van der Waals surface area (Å²) < 4.78 is 0. The summed E-state index contributed by atoms with van der Waals surface area (Å²) in [6.45, 7) is 5.59. The SMILES string of the molecule is CC(C)(C)N(C(=O)O)[C@@H]1CCC[C@@H]1C=O. The molecular formula is C11H19NO3. The van der Waals surface area contributed by atoms with E-state index in [9.17, 15) is 14.7 Å². The second-order valence-electron chi connectivity index (χ2n) is 5.12. The van der Waals surface area contributed by atoms with E-state index >= 15 is 0 Å². The lowest BCUT2D eigenvalue weighted by Gasteiger charge is -2.39. The number of hydrogen-bond acceptors (Lipinski definition) is 2. The van der Waals surface area contributed by atoms with Crippen LogP contribution in [0, 0.1) is 5.92 Å². The largest absolute Gasteiger partial charge is 0.465 e. The summed E-state index contributed by atoms with van der Waals surface area (Å²) in [5, 5.41) is 9.19. The highest BCUT2D eigenvalue weighted by atomic mass is 16.4. The molecule has 0 bridgehead atoms. The number of aldehydes is 1. The fourth-order valence-corrected chi connectivity index (χ4v) is 2.37. The monoisotopic (exact) mass is 213 g/mol. The van der Waals surface area contributed by atoms with Gasteiger partial charge >= 0.3 is 6.09 Å². The summed E-state index contributed by atoms with van der Waals surface area (Å²) >= 11 is 0. The average Bonchev–Trinajstić information content (AvgIpc) is 2.48. The van der Waals surface area contributed by atoms with Crippen molar-refractivity contribution in [2.45, 2.75) is 51.6 Å². The molecule has 1 aliphatic rings. The second kappa shape index (κ2) is 4.21. The fraction of sp³-hybridized carbons (Fsp3) is 0.818. The molecule has 1 saturated carbocycles. The number of nitrogens with zero attached hydrogens (tertiary/aromatic N) is 1. The van der Waals surface area contributed by atoms with Gasteiger partial charge in [0.25, 0.3) is 0 Å². The minimum absolute atomic E-state index is 0.125. The Kier molecular flexibility index (Phi) is 3.37. The molecule has 0 aliphatic heterocycles. The molecule has 0 aromatic heterocycles. The Morgan fingerprint density at radius 1 is 1.40 bits per heavy atom. The summed E-state index contributed by atoms with van der Waals surface area (Å²) in [4.78, 5) is 23.5. The topological polar surface area (TPSA) is 57.6 Å². The second-order valence-corrected chi connectivity index (χ2v) is 5.12. The lowest BCUT2D eigenvalue weighted by molar-refractivity contribution is -0.112. The van der Waals surface area contributed by atoms with Crippen molar-refractivity contribution in [3.63, 3.8) is 0 Å². The lowest BCUT2D eigenvalue weighted by Crippen LogP contribution is -2.52. The molecule has 1 rings (SSSR count). The Morgan fingerprint density at radius 3 is 2.40 bits per heavy atom. The van der Waals surface area contributed by atoms with Gasteiger partial charge in [0, 0.05) is 17.5 Å². The molecule has 86 valence electrons. The predicted molar refractivity (Wildman–Crippen MR) is 56.8 cm³/mol. The van der Waals surface area contributed by atoms with Crippen LogP contribution in [0.15, 0.2) is 0 Å². The summed E-state index contributed by atoms with van der Waals surface area (Å²) in [6, 6.07) is -0.139. The van der Waals surface area contributed by atoms with Gasteiger partial charge in [0.1, 0.15) is 6.29 Å². The van der Waals surface area contributed by atoms with E-state index in [2.05, 4.69) is 0 Å². The van der Waals surface area contributed by atoms with Crippen molar-refractivity contribution in [2.24, 2.45) is 5.92 Å². The van der Waals surface area contributed by atoms with Gasteiger partial charge < -0.3 is 9.90 Å². The van der Waals surface area contributed by atoms with Crippen LogP contribution in [0.5, 0.6) is 0 Å². The first kappa shape index (κ1) is 12.0. The van der Waals surface area contributed by atoms with Crippen molar-refractivity contribution in [1.29, 1.82) is 0 Å². The zero-order valence-electron chi connectivity index (χ0n) is 9.56. The van der Waals surface area contributed by atoms with Crippen molar-refractivity contribution in [2.75, 3.05) is 0 Å². The Bertz CT molecular complexity index is 257. The van der Waals surface area contributed by atoms with Crippen LogP contribution in [0.4, 0.5) is 4.79 Å². The van der Waals surface area contributed by atoms with Crippen LogP contribution in [0.25, 0.3) is 0 Å². The highest BCUT2D eigenvalue weighted by Crippen LogP contribution is 2.32. The van der Waals surface area contributed by atoms with Gasteiger partial charge in [0.05, 0.1) is 0 Å². The fourth-order valence-electron chi connectivity index (χ4n) is 2.37. The normalized spacial score (nSPS) is 26.3. The van der Waals surface area contributed by atoms with Gasteiger partial charge in [0.15, 0.2) is 0 Å². The van der Waals surface area contributed by atoms with Crippen LogP contribution in [0.3, 0.4) is 0 Å². The van der Waals surface area contributed by atoms with Crippen molar-refractivity contribution in [3.05, 3.63) is 0 Å². The van der Waals surface area contributed by atoms with Crippen LogP contribution in [-0.4, -0.2) is 34.0 Å². The molecule has 0 radical (unpaired) electrons. The third-order valence-electron chi connectivity index (χ3n) is 2.97. The van der Waals surface area contributed by atoms with E-state index in [-0.39, 0.29) is 12.0 Å². The van der Waals surface area contributed by atoms with Gasteiger partial charge in [-0.25, -0.2) is 4.79 Å². The van der Waals surface area contributed by atoms with Gasteiger partial charge in [-0.05, 0) is 33.6 Å². The molecule has 2 atom stereocenters. The molecule has 4 nitrogen and oxygen atoms in total. The van der Waals surface area contributed by atoms with E-state index in [0.29, 0.717) is 0 Å². The Hall–Kier alpha value is -1.06. The smallest absolute Gasteiger partial charge is 0.408 e. The van der Waals surface area contributed by atoms with E-state index in [1.807, 2.05) is 20.8 Å². The van der Waals surface area contributed by atoms with E-state index in [1.54, 1.807) is 0 Å². The van der Waals surface area contributed by atoms with Crippen molar-refractivity contribution < 1.29 is 14.7 Å². The minimum Gasteiger partial charge on any atom is -0.465 e. The van der Waals surface area contributed by atoms with E-state index in [1.165, 1.54) is 4.90 Å². The maximum atomic E-state index is 11.2. The van der Waals surface area contributed by atoms with Crippen LogP contribution >= 0.6 is 0 Å². The van der Waals surface area contributed by atoms with Gasteiger partial charge in [-0.3, -0.25) is 4.90 Å². The molecule has 1 amide bonds. The average molecular weight is 213 g/mol. The zero-order chi connectivity index (χ0) is 11.6. The third kappa shape index (κ3) is 2.49. The predicted octanol–water partition coefficient (Wildman–Crippen LogP) is 2.13. The molecule has 1 N–H and O–H groups in total. The molecule has 0 spiro atoms. The molecule has 1 aliphatic carbocycles. The molecule has 0 unspecified atom stereocenters. The molecular weight excluding hydrogens is 194 g/mol. The zero-order valence-corrected chi connectivity index (χ0v) is 9.56. The van der Waals surface area contributed by atoms with Crippen LogP contribution in [-0.2, 0) is 4.79 Å². The molecule has 0 saturated heterocycles. The molecule has 4 heteroatoms. The van der Waals surface area contributed by atoms with E-state index in [0.717, 1.165) is 25.5 Å². The van der Waals surface area contributed by atoms with Crippen molar-refractivity contribution in [1.82, 2.24) is 4.90 Å². The summed E-state index contributed by atoms with van der Waals surface area (Å²) in [5.74, 6) is -0.125. The van der Waals surface area contributed by atoms with E-state index < -0.39 is 11.6 Å². The van der Waals surface area contributed by atoms with Gasteiger partial charge in [-0.15, -0.1) is 0 Å². The van der Waals surface area contributed by atoms with Crippen molar-refractivity contribution >= 4 is 12.4 Å². The third-order valence-corrected chi connectivity index (χ3v) is 2.97. The number of carbonyl (C=O) groups excluding carboxylic acids is 1. The van der Waals surface area contributed by atoms with E-state index in [4.69, 9.17) is 0 Å². The number of carboxylic acid groups (broad SMARTS) is 1. The van der Waals surface area contributed by atoms with Gasteiger partial charge in [-0.1, -0.05) is 6.42 Å². The van der Waals surface area contributed by atoms with Crippen LogP contribution < -0.4 is 0 Å². The summed E-state index contributed by atoms with van der Waals surface area (Å²) in [5.41, 5.74) is -0.442. The number of rotatable bonds is 2.